The van der Waals surface area contributed by atoms with E-state index >= 15 is 0 Å². The van der Waals surface area contributed by atoms with Gasteiger partial charge in [0.05, 0.1) is 26.1 Å². The first kappa shape index (κ1) is 7.47. The van der Waals surface area contributed by atoms with E-state index in [1.807, 2.05) is 0 Å². The van der Waals surface area contributed by atoms with Crippen LogP contribution in [0.1, 0.15) is 35.9 Å². The molecule has 2 fully saturated rings. The number of hydrogen-bond donors (Lipinski definition) is 0. The van der Waals surface area contributed by atoms with E-state index in [1.54, 1.807) is 11.1 Å². The molecule has 3 aliphatic rings. The maximum absolute atomic E-state index is 2.47. The fourth-order valence-corrected chi connectivity index (χ4v) is 4.20. The van der Waals surface area contributed by atoms with Gasteiger partial charge in [-0.1, -0.05) is 24.3 Å². The molecule has 72 valence electrons. The quantitative estimate of drug-likeness (QED) is 0.546. The monoisotopic (exact) mass is 186 g/mol. The lowest BCUT2D eigenvalue weighted by Crippen LogP contribution is -2.61. The highest BCUT2D eigenvalue weighted by atomic mass is 15.5. The standard InChI is InChI=1S/C13H16N/c1-14-8-9-6-10(14)7-13(14)12-5-3-2-4-11(9)12/h2-5,9-10,13H,6-8H2,1H3/q+1/t9?,10?,13?,14-/m1/s1. The zero-order chi connectivity index (χ0) is 9.34. The second-order valence-electron chi connectivity index (χ2n) is 5.50. The number of quaternary nitrogens is 1. The predicted octanol–water partition coefficient (Wildman–Crippen LogP) is 2.45. The number of nitrogens with zero attached hydrogens (tertiary/aromatic N) is 1. The molecular formula is C13H16N+. The molecule has 4 atom stereocenters. The van der Waals surface area contributed by atoms with Gasteiger partial charge in [-0.15, -0.1) is 0 Å². The normalized spacial score (nSPS) is 47.1. The van der Waals surface area contributed by atoms with E-state index in [1.165, 1.54) is 23.9 Å². The summed E-state index contributed by atoms with van der Waals surface area (Å²) in [6.45, 7) is 1.41. The summed E-state index contributed by atoms with van der Waals surface area (Å²) in [6, 6.07) is 11.0. The van der Waals surface area contributed by atoms with Gasteiger partial charge in [0.2, 0.25) is 0 Å². The fourth-order valence-electron chi connectivity index (χ4n) is 4.20. The highest BCUT2D eigenvalue weighted by Crippen LogP contribution is 2.59. The molecule has 0 aliphatic carbocycles. The number of rotatable bonds is 0. The van der Waals surface area contributed by atoms with Gasteiger partial charge in [0.25, 0.3) is 0 Å². The third kappa shape index (κ3) is 0.621. The maximum Gasteiger partial charge on any atom is 0.121 e. The lowest BCUT2D eigenvalue weighted by molar-refractivity contribution is -0.994. The summed E-state index contributed by atoms with van der Waals surface area (Å²) in [7, 11) is 2.47. The van der Waals surface area contributed by atoms with E-state index in [2.05, 4.69) is 31.3 Å². The lowest BCUT2D eigenvalue weighted by Gasteiger charge is -2.54. The molecule has 14 heavy (non-hydrogen) atoms. The highest BCUT2D eigenvalue weighted by Gasteiger charge is 2.62. The molecule has 0 saturated carbocycles. The van der Waals surface area contributed by atoms with Gasteiger partial charge >= 0.3 is 0 Å². The summed E-state index contributed by atoms with van der Waals surface area (Å²) in [5.74, 6) is 0.875. The molecule has 1 nitrogen and oxygen atoms in total. The van der Waals surface area contributed by atoms with E-state index in [-0.39, 0.29) is 0 Å². The van der Waals surface area contributed by atoms with E-state index < -0.39 is 0 Å². The lowest BCUT2D eigenvalue weighted by atomic mass is 9.83. The van der Waals surface area contributed by atoms with E-state index in [0.717, 1.165) is 18.0 Å². The van der Waals surface area contributed by atoms with Crippen LogP contribution in [-0.2, 0) is 0 Å². The maximum atomic E-state index is 2.47. The fraction of sp³-hybridized carbons (Fsp3) is 0.538. The summed E-state index contributed by atoms with van der Waals surface area (Å²) < 4.78 is 1.36. The van der Waals surface area contributed by atoms with Crippen molar-refractivity contribution in [2.24, 2.45) is 0 Å². The smallest absolute Gasteiger partial charge is 0.121 e. The van der Waals surface area contributed by atoms with Crippen LogP contribution in [0.2, 0.25) is 0 Å². The molecule has 4 rings (SSSR count). The Balaban J connectivity index is 1.99. The molecule has 3 unspecified atom stereocenters. The van der Waals surface area contributed by atoms with Crippen LogP contribution in [-0.4, -0.2) is 24.1 Å². The van der Waals surface area contributed by atoms with Crippen LogP contribution in [0.4, 0.5) is 0 Å². The van der Waals surface area contributed by atoms with Crippen molar-refractivity contribution in [3.63, 3.8) is 0 Å². The molecular weight excluding hydrogens is 170 g/mol. The molecule has 2 bridgehead atoms. The molecule has 2 saturated heterocycles. The van der Waals surface area contributed by atoms with E-state index in [9.17, 15) is 0 Å². The molecule has 0 aromatic heterocycles. The van der Waals surface area contributed by atoms with Gasteiger partial charge < -0.3 is 4.48 Å². The predicted molar refractivity (Wildman–Crippen MR) is 56.0 cm³/mol. The largest absolute Gasteiger partial charge is 0.316 e. The third-order valence-corrected chi connectivity index (χ3v) is 5.01. The summed E-state index contributed by atoms with van der Waals surface area (Å²) >= 11 is 0. The van der Waals surface area contributed by atoms with Crippen LogP contribution in [0.5, 0.6) is 0 Å². The first-order valence-electron chi connectivity index (χ1n) is 5.73. The van der Waals surface area contributed by atoms with E-state index in [4.69, 9.17) is 0 Å². The van der Waals surface area contributed by atoms with Crippen molar-refractivity contribution in [3.8, 4) is 0 Å². The number of benzene rings is 1. The summed E-state index contributed by atoms with van der Waals surface area (Å²) in [5, 5.41) is 0. The molecule has 0 spiro atoms. The number of likely N-dealkylation sites (N-methyl/N-ethyl adjacent to an activating group) is 1. The van der Waals surface area contributed by atoms with Gasteiger partial charge in [-0.2, -0.15) is 0 Å². The van der Waals surface area contributed by atoms with Gasteiger partial charge in [0, 0.05) is 17.9 Å². The Morgan fingerprint density at radius 3 is 2.79 bits per heavy atom. The van der Waals surface area contributed by atoms with Crippen molar-refractivity contribution in [1.29, 1.82) is 0 Å². The molecule has 3 heterocycles. The molecule has 1 aromatic carbocycles. The van der Waals surface area contributed by atoms with Crippen molar-refractivity contribution in [2.75, 3.05) is 13.6 Å². The Morgan fingerprint density at radius 1 is 1.14 bits per heavy atom. The zero-order valence-electron chi connectivity index (χ0n) is 8.61. The Hall–Kier alpha value is -0.820. The van der Waals surface area contributed by atoms with Crippen LogP contribution in [0.3, 0.4) is 0 Å². The Labute approximate surface area is 84.9 Å². The van der Waals surface area contributed by atoms with Crippen LogP contribution in [0.15, 0.2) is 24.3 Å². The Bertz CT molecular complexity index is 411. The minimum Gasteiger partial charge on any atom is -0.316 e. The number of hydrogen-bond acceptors (Lipinski definition) is 0. The molecule has 0 amide bonds. The van der Waals surface area contributed by atoms with Crippen LogP contribution in [0, 0.1) is 0 Å². The average molecular weight is 186 g/mol. The molecule has 0 radical (unpaired) electrons. The van der Waals surface area contributed by atoms with Gasteiger partial charge in [-0.3, -0.25) is 0 Å². The minimum absolute atomic E-state index is 0.843. The number of fused-ring (bicyclic) bond motifs is 4. The van der Waals surface area contributed by atoms with Crippen molar-refractivity contribution in [3.05, 3.63) is 35.4 Å². The van der Waals surface area contributed by atoms with Gasteiger partial charge in [0.1, 0.15) is 6.04 Å². The molecule has 0 N–H and O–H groups in total. The van der Waals surface area contributed by atoms with Crippen LogP contribution in [0.25, 0.3) is 0 Å². The minimum atomic E-state index is 0.843. The van der Waals surface area contributed by atoms with Gasteiger partial charge in [0.15, 0.2) is 0 Å². The van der Waals surface area contributed by atoms with Crippen molar-refractivity contribution < 1.29 is 4.48 Å². The highest BCUT2D eigenvalue weighted by molar-refractivity contribution is 5.37. The second kappa shape index (κ2) is 2.06. The summed E-state index contributed by atoms with van der Waals surface area (Å²) in [5.41, 5.74) is 3.34. The van der Waals surface area contributed by atoms with Gasteiger partial charge in [-0.05, 0) is 5.56 Å². The first-order chi connectivity index (χ1) is 6.79. The topological polar surface area (TPSA) is 0 Å². The van der Waals surface area contributed by atoms with Crippen molar-refractivity contribution in [1.82, 2.24) is 0 Å². The Kier molecular flexibility index (Phi) is 1.10. The van der Waals surface area contributed by atoms with Crippen LogP contribution < -0.4 is 0 Å². The van der Waals surface area contributed by atoms with Crippen molar-refractivity contribution >= 4 is 0 Å². The van der Waals surface area contributed by atoms with Crippen LogP contribution >= 0.6 is 0 Å². The van der Waals surface area contributed by atoms with E-state index in [0.29, 0.717) is 0 Å². The average Bonchev–Trinajstić information content (AvgIpc) is 2.38. The molecule has 1 aromatic rings. The third-order valence-electron chi connectivity index (χ3n) is 5.01. The van der Waals surface area contributed by atoms with Gasteiger partial charge in [-0.25, -0.2) is 0 Å². The summed E-state index contributed by atoms with van der Waals surface area (Å²) in [4.78, 5) is 0. The molecule has 1 heteroatoms. The van der Waals surface area contributed by atoms with Crippen molar-refractivity contribution in [2.45, 2.75) is 30.8 Å². The SMILES string of the molecule is C[N@@+]12CC3CC1CC2c1ccccc13. The Morgan fingerprint density at radius 2 is 1.93 bits per heavy atom. The first-order valence-corrected chi connectivity index (χ1v) is 5.73. The second-order valence-corrected chi connectivity index (χ2v) is 5.50. The molecule has 3 aliphatic heterocycles. The summed E-state index contributed by atoms with van der Waals surface area (Å²) in [6.07, 6.45) is 2.90. The zero-order valence-corrected chi connectivity index (χ0v) is 8.61.